The van der Waals surface area contributed by atoms with Crippen LogP contribution in [0.3, 0.4) is 0 Å². The number of hydrogen-bond donors (Lipinski definition) is 1. The van der Waals surface area contributed by atoms with Crippen molar-refractivity contribution in [3.05, 3.63) is 76.0 Å². The summed E-state index contributed by atoms with van der Waals surface area (Å²) in [6, 6.07) is 15.3. The molecule has 0 radical (unpaired) electrons. The number of hydrogen-bond acceptors (Lipinski definition) is 6. The van der Waals surface area contributed by atoms with Gasteiger partial charge in [0.05, 0.1) is 4.90 Å². The van der Waals surface area contributed by atoms with Gasteiger partial charge in [0.25, 0.3) is 0 Å². The van der Waals surface area contributed by atoms with Crippen LogP contribution in [0.15, 0.2) is 64.2 Å². The molecule has 5 rings (SSSR count). The van der Waals surface area contributed by atoms with E-state index in [9.17, 15) is 8.42 Å². The van der Waals surface area contributed by atoms with Gasteiger partial charge in [0.15, 0.2) is 11.5 Å². The largest absolute Gasteiger partial charge is 0.486 e. The third-order valence-corrected chi connectivity index (χ3v) is 7.94. The van der Waals surface area contributed by atoms with E-state index in [1.165, 1.54) is 17.2 Å². The molecule has 31 heavy (non-hydrogen) atoms. The number of nitrogens with one attached hydrogen (secondary N) is 1. The lowest BCUT2D eigenvalue weighted by Gasteiger charge is -2.35. The molecule has 1 aromatic heterocycles. The van der Waals surface area contributed by atoms with E-state index in [1.54, 1.807) is 23.5 Å². The van der Waals surface area contributed by atoms with Gasteiger partial charge in [-0.1, -0.05) is 24.3 Å². The fourth-order valence-corrected chi connectivity index (χ4v) is 5.93. The summed E-state index contributed by atoms with van der Waals surface area (Å²) in [7, 11) is -3.69. The molecule has 0 aliphatic carbocycles. The Balaban J connectivity index is 1.36. The Kier molecular flexibility index (Phi) is 5.71. The molecule has 0 amide bonds. The zero-order chi connectivity index (χ0) is 21.3. The van der Waals surface area contributed by atoms with E-state index < -0.39 is 10.0 Å². The van der Waals surface area contributed by atoms with Crippen LogP contribution in [0, 0.1) is 0 Å². The van der Waals surface area contributed by atoms with Crippen molar-refractivity contribution in [2.45, 2.75) is 23.9 Å². The smallest absolute Gasteiger partial charge is 0.240 e. The van der Waals surface area contributed by atoms with Gasteiger partial charge in [-0.15, -0.1) is 0 Å². The van der Waals surface area contributed by atoms with Gasteiger partial charge in [-0.05, 0) is 52.1 Å². The molecular weight excluding hydrogens is 432 g/mol. The number of thiophene rings is 1. The zero-order valence-corrected chi connectivity index (χ0v) is 18.6. The maximum Gasteiger partial charge on any atom is 0.240 e. The summed E-state index contributed by atoms with van der Waals surface area (Å²) in [6.07, 6.45) is 0.964. The van der Waals surface area contributed by atoms with Crippen molar-refractivity contribution in [1.82, 2.24) is 9.62 Å². The van der Waals surface area contributed by atoms with Gasteiger partial charge in [-0.2, -0.15) is 11.3 Å². The molecule has 0 fully saturated rings. The van der Waals surface area contributed by atoms with Crippen molar-refractivity contribution < 1.29 is 17.9 Å². The van der Waals surface area contributed by atoms with Crippen LogP contribution in [0.4, 0.5) is 0 Å². The summed E-state index contributed by atoms with van der Waals surface area (Å²) in [5.41, 5.74) is 3.82. The van der Waals surface area contributed by atoms with Gasteiger partial charge in [0.1, 0.15) is 13.2 Å². The maximum atomic E-state index is 13.0. The fourth-order valence-electron chi connectivity index (χ4n) is 4.17. The van der Waals surface area contributed by atoms with E-state index in [-0.39, 0.29) is 10.9 Å². The van der Waals surface area contributed by atoms with Gasteiger partial charge in [0, 0.05) is 31.7 Å². The van der Waals surface area contributed by atoms with Crippen LogP contribution in [0.1, 0.15) is 22.7 Å². The predicted octanol–water partition coefficient (Wildman–Crippen LogP) is 3.60. The Bertz CT molecular complexity index is 1160. The standard InChI is InChI=1S/C23H24N2O4S2/c26-31(27,20-5-6-22-23(13-20)29-11-10-28-22)24-14-21(19-8-12-30-16-19)25-9-7-17-3-1-2-4-18(17)15-25/h1-6,8,12-13,16,21,24H,7,9-11,14-15H2. The minimum atomic E-state index is -3.69. The lowest BCUT2D eigenvalue weighted by molar-refractivity contribution is 0.171. The summed E-state index contributed by atoms with van der Waals surface area (Å²) in [6.45, 7) is 2.89. The lowest BCUT2D eigenvalue weighted by Crippen LogP contribution is -2.40. The SMILES string of the molecule is O=S(=O)(NCC(c1ccsc1)N1CCc2ccccc2C1)c1ccc2c(c1)OCCO2. The first-order valence-corrected chi connectivity index (χ1v) is 12.7. The summed E-state index contributed by atoms with van der Waals surface area (Å²) in [5.74, 6) is 1.05. The molecule has 0 bridgehead atoms. The van der Waals surface area contributed by atoms with Crippen molar-refractivity contribution in [3.63, 3.8) is 0 Å². The second kappa shape index (κ2) is 8.63. The Hall–Kier alpha value is -2.39. The van der Waals surface area contributed by atoms with Gasteiger partial charge in [-0.3, -0.25) is 4.90 Å². The summed E-state index contributed by atoms with van der Waals surface area (Å²) in [5, 5.41) is 4.14. The first-order valence-electron chi connectivity index (χ1n) is 10.3. The second-order valence-corrected chi connectivity index (χ2v) is 10.3. The Morgan fingerprint density at radius 2 is 1.84 bits per heavy atom. The minimum Gasteiger partial charge on any atom is -0.486 e. The van der Waals surface area contributed by atoms with Crippen LogP contribution < -0.4 is 14.2 Å². The van der Waals surface area contributed by atoms with Crippen molar-refractivity contribution in [1.29, 1.82) is 0 Å². The van der Waals surface area contributed by atoms with Crippen LogP contribution in [-0.2, 0) is 23.0 Å². The van der Waals surface area contributed by atoms with E-state index >= 15 is 0 Å². The quantitative estimate of drug-likeness (QED) is 0.614. The van der Waals surface area contributed by atoms with E-state index in [0.717, 1.165) is 25.1 Å². The molecule has 2 aliphatic rings. The first kappa shape index (κ1) is 20.5. The van der Waals surface area contributed by atoms with Crippen LogP contribution >= 0.6 is 11.3 Å². The molecule has 3 aromatic rings. The van der Waals surface area contributed by atoms with Gasteiger partial charge in [-0.25, -0.2) is 13.1 Å². The second-order valence-electron chi connectivity index (χ2n) is 7.72. The molecule has 1 N–H and O–H groups in total. The van der Waals surface area contributed by atoms with Crippen molar-refractivity contribution in [2.75, 3.05) is 26.3 Å². The highest BCUT2D eigenvalue weighted by atomic mass is 32.2. The van der Waals surface area contributed by atoms with Crippen LogP contribution in [0.5, 0.6) is 11.5 Å². The predicted molar refractivity (Wildman–Crippen MR) is 120 cm³/mol. The minimum absolute atomic E-state index is 0.0356. The summed E-state index contributed by atoms with van der Waals surface area (Å²) in [4.78, 5) is 2.54. The first-order chi connectivity index (χ1) is 15.1. The molecule has 162 valence electrons. The number of ether oxygens (including phenoxy) is 2. The monoisotopic (exact) mass is 456 g/mol. The Morgan fingerprint density at radius 1 is 1.03 bits per heavy atom. The van der Waals surface area contributed by atoms with E-state index in [2.05, 4.69) is 45.3 Å². The molecule has 3 heterocycles. The molecule has 1 unspecified atom stereocenters. The molecule has 2 aliphatic heterocycles. The number of fused-ring (bicyclic) bond motifs is 2. The van der Waals surface area contributed by atoms with E-state index in [4.69, 9.17) is 9.47 Å². The van der Waals surface area contributed by atoms with Crippen LogP contribution in [0.25, 0.3) is 0 Å². The third kappa shape index (κ3) is 4.34. The molecule has 0 spiro atoms. The highest BCUT2D eigenvalue weighted by Gasteiger charge is 2.27. The number of benzene rings is 2. The lowest BCUT2D eigenvalue weighted by atomic mass is 9.97. The van der Waals surface area contributed by atoms with Crippen LogP contribution in [0.2, 0.25) is 0 Å². The number of sulfonamides is 1. The summed E-state index contributed by atoms with van der Waals surface area (Å²) >= 11 is 1.63. The molecule has 0 saturated heterocycles. The Labute approximate surface area is 186 Å². The fraction of sp³-hybridized carbons (Fsp3) is 0.304. The van der Waals surface area contributed by atoms with Crippen molar-refractivity contribution in [2.24, 2.45) is 0 Å². The van der Waals surface area contributed by atoms with Gasteiger partial charge >= 0.3 is 0 Å². The van der Waals surface area contributed by atoms with Gasteiger partial charge < -0.3 is 9.47 Å². The third-order valence-electron chi connectivity index (χ3n) is 5.82. The number of nitrogens with zero attached hydrogens (tertiary/aromatic N) is 1. The average Bonchev–Trinajstić information content (AvgIpc) is 3.33. The molecule has 2 aromatic carbocycles. The van der Waals surface area contributed by atoms with Crippen LogP contribution in [-0.4, -0.2) is 39.6 Å². The highest BCUT2D eigenvalue weighted by Crippen LogP contribution is 2.33. The maximum absolute atomic E-state index is 13.0. The normalized spacial score (nSPS) is 17.2. The van der Waals surface area contributed by atoms with E-state index in [0.29, 0.717) is 31.3 Å². The zero-order valence-electron chi connectivity index (χ0n) is 17.0. The Morgan fingerprint density at radius 3 is 2.65 bits per heavy atom. The van der Waals surface area contributed by atoms with Gasteiger partial charge in [0.2, 0.25) is 10.0 Å². The van der Waals surface area contributed by atoms with E-state index in [1.807, 2.05) is 5.38 Å². The topological polar surface area (TPSA) is 67.9 Å². The molecule has 0 saturated carbocycles. The van der Waals surface area contributed by atoms with Crippen molar-refractivity contribution in [3.8, 4) is 11.5 Å². The molecule has 1 atom stereocenters. The summed E-state index contributed by atoms with van der Waals surface area (Å²) < 4.78 is 40.0. The highest BCUT2D eigenvalue weighted by molar-refractivity contribution is 7.89. The number of rotatable bonds is 6. The molecule has 8 heteroatoms. The van der Waals surface area contributed by atoms with Crippen molar-refractivity contribution >= 4 is 21.4 Å². The average molecular weight is 457 g/mol. The molecular formula is C23H24N2O4S2. The molecule has 6 nitrogen and oxygen atoms in total.